The topological polar surface area (TPSA) is 34.1 Å². The lowest BCUT2D eigenvalue weighted by molar-refractivity contribution is -0.111. The lowest BCUT2D eigenvalue weighted by Gasteiger charge is -2.21. The first-order valence-electron chi connectivity index (χ1n) is 6.41. The second-order valence-corrected chi connectivity index (χ2v) is 5.34. The van der Waals surface area contributed by atoms with Gasteiger partial charge in [0.1, 0.15) is 12.6 Å². The molecule has 0 aromatic rings. The van der Waals surface area contributed by atoms with E-state index in [9.17, 15) is 9.59 Å². The average molecular weight is 226 g/mol. The molecule has 0 bridgehead atoms. The van der Waals surface area contributed by atoms with Crippen molar-refractivity contribution in [3.63, 3.8) is 0 Å². The molecular formula is C14H26O2. The summed E-state index contributed by atoms with van der Waals surface area (Å²) in [5.74, 6) is 1.65. The van der Waals surface area contributed by atoms with Crippen LogP contribution >= 0.6 is 0 Å². The lowest BCUT2D eigenvalue weighted by atomic mass is 9.85. The summed E-state index contributed by atoms with van der Waals surface area (Å²) in [5.41, 5.74) is 0. The Morgan fingerprint density at radius 1 is 0.688 bits per heavy atom. The van der Waals surface area contributed by atoms with E-state index in [0.29, 0.717) is 11.8 Å². The zero-order chi connectivity index (χ0) is 12.6. The molecular weight excluding hydrogens is 200 g/mol. The van der Waals surface area contributed by atoms with Gasteiger partial charge in [-0.05, 0) is 37.5 Å². The SMILES string of the molecule is CC(C=O)CCC(C)C(C)CCC(C)C=O. The molecule has 2 heteroatoms. The summed E-state index contributed by atoms with van der Waals surface area (Å²) in [6.45, 7) is 8.43. The highest BCUT2D eigenvalue weighted by Gasteiger charge is 2.14. The second kappa shape index (κ2) is 8.49. The molecule has 4 unspecified atom stereocenters. The van der Waals surface area contributed by atoms with E-state index in [2.05, 4.69) is 13.8 Å². The van der Waals surface area contributed by atoms with Crippen LogP contribution in [-0.2, 0) is 9.59 Å². The number of carbonyl (C=O) groups is 2. The van der Waals surface area contributed by atoms with E-state index >= 15 is 0 Å². The summed E-state index contributed by atoms with van der Waals surface area (Å²) >= 11 is 0. The number of hydrogen-bond donors (Lipinski definition) is 0. The van der Waals surface area contributed by atoms with Gasteiger partial charge in [0.2, 0.25) is 0 Å². The Hall–Kier alpha value is -0.660. The van der Waals surface area contributed by atoms with Gasteiger partial charge in [0.15, 0.2) is 0 Å². The molecule has 4 atom stereocenters. The van der Waals surface area contributed by atoms with E-state index < -0.39 is 0 Å². The van der Waals surface area contributed by atoms with Crippen molar-refractivity contribution in [1.29, 1.82) is 0 Å². The maximum Gasteiger partial charge on any atom is 0.122 e. The predicted molar refractivity (Wildman–Crippen MR) is 67.3 cm³/mol. The fourth-order valence-electron chi connectivity index (χ4n) is 1.76. The monoisotopic (exact) mass is 226 g/mol. The van der Waals surface area contributed by atoms with E-state index in [0.717, 1.165) is 38.3 Å². The van der Waals surface area contributed by atoms with Crippen LogP contribution in [0.3, 0.4) is 0 Å². The van der Waals surface area contributed by atoms with Crippen molar-refractivity contribution in [3.05, 3.63) is 0 Å². The van der Waals surface area contributed by atoms with Gasteiger partial charge < -0.3 is 9.59 Å². The molecule has 0 saturated heterocycles. The average Bonchev–Trinajstić information content (AvgIpc) is 2.31. The first kappa shape index (κ1) is 15.3. The van der Waals surface area contributed by atoms with Gasteiger partial charge in [0.05, 0.1) is 0 Å². The predicted octanol–water partition coefficient (Wildman–Crippen LogP) is 3.49. The minimum absolute atomic E-state index is 0.184. The quantitative estimate of drug-likeness (QED) is 0.564. The fraction of sp³-hybridized carbons (Fsp3) is 0.857. The summed E-state index contributed by atoms with van der Waals surface area (Å²) in [6.07, 6.45) is 6.25. The van der Waals surface area contributed by atoms with Crippen LogP contribution in [0.25, 0.3) is 0 Å². The molecule has 0 heterocycles. The summed E-state index contributed by atoms with van der Waals surface area (Å²) < 4.78 is 0. The van der Waals surface area contributed by atoms with Gasteiger partial charge in [-0.1, -0.05) is 27.7 Å². The summed E-state index contributed by atoms with van der Waals surface area (Å²) in [7, 11) is 0. The zero-order valence-corrected chi connectivity index (χ0v) is 11.1. The Kier molecular flexibility index (Phi) is 8.14. The Labute approximate surface area is 99.8 Å². The molecule has 0 N–H and O–H groups in total. The number of carbonyl (C=O) groups excluding carboxylic acids is 2. The van der Waals surface area contributed by atoms with Crippen molar-refractivity contribution in [1.82, 2.24) is 0 Å². The molecule has 0 aliphatic rings. The van der Waals surface area contributed by atoms with Crippen LogP contribution in [0.5, 0.6) is 0 Å². The first-order valence-corrected chi connectivity index (χ1v) is 6.41. The first-order chi connectivity index (χ1) is 7.51. The Bertz CT molecular complexity index is 179. The van der Waals surface area contributed by atoms with Gasteiger partial charge in [-0.2, -0.15) is 0 Å². The molecule has 2 nitrogen and oxygen atoms in total. The van der Waals surface area contributed by atoms with Crippen molar-refractivity contribution in [2.45, 2.75) is 53.4 Å². The molecule has 0 aliphatic heterocycles. The van der Waals surface area contributed by atoms with Gasteiger partial charge in [0, 0.05) is 11.8 Å². The molecule has 0 aliphatic carbocycles. The van der Waals surface area contributed by atoms with Crippen molar-refractivity contribution < 1.29 is 9.59 Å². The van der Waals surface area contributed by atoms with Crippen molar-refractivity contribution in [3.8, 4) is 0 Å². The summed E-state index contributed by atoms with van der Waals surface area (Å²) in [6, 6.07) is 0. The van der Waals surface area contributed by atoms with Crippen LogP contribution < -0.4 is 0 Å². The highest BCUT2D eigenvalue weighted by Crippen LogP contribution is 2.24. The molecule has 0 radical (unpaired) electrons. The maximum absolute atomic E-state index is 10.5. The van der Waals surface area contributed by atoms with Crippen molar-refractivity contribution >= 4 is 12.6 Å². The third-order valence-corrected chi connectivity index (χ3v) is 3.59. The molecule has 0 aromatic carbocycles. The third-order valence-electron chi connectivity index (χ3n) is 3.59. The van der Waals surface area contributed by atoms with E-state index in [1.165, 1.54) is 0 Å². The van der Waals surface area contributed by atoms with Crippen LogP contribution in [0.15, 0.2) is 0 Å². The smallest absolute Gasteiger partial charge is 0.122 e. The van der Waals surface area contributed by atoms with Crippen LogP contribution in [-0.4, -0.2) is 12.6 Å². The van der Waals surface area contributed by atoms with E-state index in [1.807, 2.05) is 13.8 Å². The highest BCUT2D eigenvalue weighted by molar-refractivity contribution is 5.52. The summed E-state index contributed by atoms with van der Waals surface area (Å²) in [4.78, 5) is 21.0. The van der Waals surface area contributed by atoms with Gasteiger partial charge in [-0.25, -0.2) is 0 Å². The second-order valence-electron chi connectivity index (χ2n) is 5.34. The number of aldehydes is 2. The maximum atomic E-state index is 10.5. The van der Waals surface area contributed by atoms with E-state index in [-0.39, 0.29) is 11.8 Å². The standard InChI is InChI=1S/C14H26O2/c1-11(9-15)5-7-13(3)14(4)8-6-12(2)10-16/h9-14H,5-8H2,1-4H3. The number of rotatable bonds is 9. The third kappa shape index (κ3) is 6.76. The molecule has 0 spiro atoms. The van der Waals surface area contributed by atoms with Gasteiger partial charge in [0.25, 0.3) is 0 Å². The normalized spacial score (nSPS) is 18.5. The Morgan fingerprint density at radius 2 is 1.00 bits per heavy atom. The van der Waals surface area contributed by atoms with Crippen LogP contribution in [0.1, 0.15) is 53.4 Å². The van der Waals surface area contributed by atoms with Crippen LogP contribution in [0.4, 0.5) is 0 Å². The molecule has 0 aromatic heterocycles. The van der Waals surface area contributed by atoms with E-state index in [1.54, 1.807) is 0 Å². The Morgan fingerprint density at radius 3 is 1.25 bits per heavy atom. The van der Waals surface area contributed by atoms with Crippen molar-refractivity contribution in [2.75, 3.05) is 0 Å². The van der Waals surface area contributed by atoms with Gasteiger partial charge in [-0.15, -0.1) is 0 Å². The summed E-state index contributed by atoms with van der Waals surface area (Å²) in [5, 5.41) is 0. The van der Waals surface area contributed by atoms with Gasteiger partial charge in [-0.3, -0.25) is 0 Å². The fourth-order valence-corrected chi connectivity index (χ4v) is 1.76. The molecule has 0 rings (SSSR count). The van der Waals surface area contributed by atoms with Crippen LogP contribution in [0, 0.1) is 23.7 Å². The minimum atomic E-state index is 0.184. The molecule has 0 amide bonds. The number of hydrogen-bond acceptors (Lipinski definition) is 2. The molecule has 16 heavy (non-hydrogen) atoms. The van der Waals surface area contributed by atoms with E-state index in [4.69, 9.17) is 0 Å². The Balaban J connectivity index is 3.76. The van der Waals surface area contributed by atoms with Crippen molar-refractivity contribution in [2.24, 2.45) is 23.7 Å². The lowest BCUT2D eigenvalue weighted by Crippen LogP contribution is -2.11. The largest absolute Gasteiger partial charge is 0.303 e. The van der Waals surface area contributed by atoms with Crippen LogP contribution in [0.2, 0.25) is 0 Å². The minimum Gasteiger partial charge on any atom is -0.303 e. The molecule has 0 fully saturated rings. The molecule has 94 valence electrons. The van der Waals surface area contributed by atoms with Gasteiger partial charge >= 0.3 is 0 Å². The molecule has 0 saturated carbocycles. The highest BCUT2D eigenvalue weighted by atomic mass is 16.1. The zero-order valence-electron chi connectivity index (χ0n) is 11.1.